The summed E-state index contributed by atoms with van der Waals surface area (Å²) in [6, 6.07) is 6.09. The maximum absolute atomic E-state index is 6.20. The van der Waals surface area contributed by atoms with E-state index in [9.17, 15) is 0 Å². The topological polar surface area (TPSA) is 21.3 Å². The van der Waals surface area contributed by atoms with Crippen LogP contribution in [0.2, 0.25) is 10.0 Å². The molecule has 1 saturated heterocycles. The molecule has 0 aromatic heterocycles. The smallest absolute Gasteiger partial charge is 0.0595 e. The zero-order chi connectivity index (χ0) is 14.4. The Bertz CT molecular complexity index is 430. The molecular weight excluding hydrogens is 293 g/mol. The monoisotopic (exact) mass is 315 g/mol. The maximum Gasteiger partial charge on any atom is 0.0595 e. The van der Waals surface area contributed by atoms with Crippen molar-refractivity contribution < 1.29 is 4.74 Å². The molecular formula is C16H23Cl2NO. The lowest BCUT2D eigenvalue weighted by Crippen LogP contribution is -2.34. The van der Waals surface area contributed by atoms with Crippen molar-refractivity contribution in [1.29, 1.82) is 0 Å². The Morgan fingerprint density at radius 3 is 2.60 bits per heavy atom. The molecule has 1 N–H and O–H groups in total. The van der Waals surface area contributed by atoms with Crippen LogP contribution in [0.3, 0.4) is 0 Å². The van der Waals surface area contributed by atoms with E-state index in [1.54, 1.807) is 0 Å². The van der Waals surface area contributed by atoms with E-state index in [1.807, 2.05) is 12.1 Å². The molecule has 20 heavy (non-hydrogen) atoms. The summed E-state index contributed by atoms with van der Waals surface area (Å²) in [7, 11) is 0. The molecule has 4 heteroatoms. The average molecular weight is 316 g/mol. The number of rotatable bonds is 6. The van der Waals surface area contributed by atoms with Crippen molar-refractivity contribution in [2.45, 2.75) is 38.0 Å². The van der Waals surface area contributed by atoms with Gasteiger partial charge in [0.1, 0.15) is 0 Å². The molecule has 1 aliphatic rings. The number of ether oxygens (including phenoxy) is 1. The second-order valence-corrected chi connectivity index (χ2v) is 6.29. The van der Waals surface area contributed by atoms with Crippen molar-refractivity contribution in [2.24, 2.45) is 0 Å². The predicted octanol–water partition coefficient (Wildman–Crippen LogP) is 4.43. The predicted molar refractivity (Wildman–Crippen MR) is 86.0 cm³/mol. The maximum atomic E-state index is 6.20. The summed E-state index contributed by atoms with van der Waals surface area (Å²) in [6.45, 7) is 5.91. The average Bonchev–Trinajstić information content (AvgIpc) is 2.47. The van der Waals surface area contributed by atoms with Gasteiger partial charge < -0.3 is 10.1 Å². The van der Waals surface area contributed by atoms with Gasteiger partial charge in [0.25, 0.3) is 0 Å². The summed E-state index contributed by atoms with van der Waals surface area (Å²) >= 11 is 12.2. The highest BCUT2D eigenvalue weighted by molar-refractivity contribution is 6.42. The third-order valence-corrected chi connectivity index (χ3v) is 4.98. The first kappa shape index (κ1) is 16.1. The third kappa shape index (κ3) is 3.88. The summed E-state index contributed by atoms with van der Waals surface area (Å²) < 4.78 is 5.55. The highest BCUT2D eigenvalue weighted by atomic mass is 35.5. The fraction of sp³-hybridized carbons (Fsp3) is 0.625. The lowest BCUT2D eigenvalue weighted by molar-refractivity contribution is 0.0461. The van der Waals surface area contributed by atoms with Crippen LogP contribution < -0.4 is 5.32 Å². The molecule has 0 amide bonds. The zero-order valence-corrected chi connectivity index (χ0v) is 13.6. The zero-order valence-electron chi connectivity index (χ0n) is 12.1. The Morgan fingerprint density at radius 2 is 1.95 bits per heavy atom. The van der Waals surface area contributed by atoms with Crippen molar-refractivity contribution in [3.05, 3.63) is 33.8 Å². The second-order valence-electron chi connectivity index (χ2n) is 5.48. The fourth-order valence-corrected chi connectivity index (χ4v) is 3.30. The third-order valence-electron chi connectivity index (χ3n) is 4.24. The Kier molecular flexibility index (Phi) is 6.16. The summed E-state index contributed by atoms with van der Waals surface area (Å²) in [5.41, 5.74) is 1.51. The van der Waals surface area contributed by atoms with Gasteiger partial charge in [-0.3, -0.25) is 0 Å². The molecule has 1 fully saturated rings. The fourth-order valence-electron chi connectivity index (χ4n) is 3.00. The van der Waals surface area contributed by atoms with Crippen LogP contribution in [-0.4, -0.2) is 26.3 Å². The molecule has 1 aromatic carbocycles. The van der Waals surface area contributed by atoms with E-state index < -0.39 is 0 Å². The van der Waals surface area contributed by atoms with Crippen LogP contribution in [-0.2, 0) is 10.2 Å². The van der Waals surface area contributed by atoms with Crippen molar-refractivity contribution >= 4 is 23.2 Å². The molecule has 2 rings (SSSR count). The van der Waals surface area contributed by atoms with E-state index in [4.69, 9.17) is 27.9 Å². The van der Waals surface area contributed by atoms with Crippen molar-refractivity contribution in [1.82, 2.24) is 5.32 Å². The largest absolute Gasteiger partial charge is 0.381 e. The van der Waals surface area contributed by atoms with E-state index in [1.165, 1.54) is 18.4 Å². The first-order valence-corrected chi connectivity index (χ1v) is 8.17. The minimum atomic E-state index is 0.196. The first-order chi connectivity index (χ1) is 9.68. The van der Waals surface area contributed by atoms with Crippen LogP contribution in [0.1, 0.15) is 38.2 Å². The van der Waals surface area contributed by atoms with Gasteiger partial charge in [-0.1, -0.05) is 36.2 Å². The molecule has 0 unspecified atom stereocenters. The van der Waals surface area contributed by atoms with Crippen LogP contribution in [0, 0.1) is 0 Å². The minimum absolute atomic E-state index is 0.196. The van der Waals surface area contributed by atoms with E-state index >= 15 is 0 Å². The molecule has 112 valence electrons. The van der Waals surface area contributed by atoms with Crippen molar-refractivity contribution in [3.8, 4) is 0 Å². The number of benzene rings is 1. The van der Waals surface area contributed by atoms with Crippen molar-refractivity contribution in [2.75, 3.05) is 26.3 Å². The summed E-state index contributed by atoms with van der Waals surface area (Å²) in [5, 5.41) is 4.68. The van der Waals surface area contributed by atoms with Gasteiger partial charge in [-0.15, -0.1) is 0 Å². The van der Waals surface area contributed by atoms with Crippen LogP contribution in [0.5, 0.6) is 0 Å². The molecule has 0 spiro atoms. The van der Waals surface area contributed by atoms with Gasteiger partial charge in [0, 0.05) is 13.2 Å². The Balaban J connectivity index is 2.14. The standard InChI is InChI=1S/C16H23Cl2NO/c1-2-19-9-3-6-16(7-10-20-11-8-16)13-4-5-14(17)15(18)12-13/h4-5,12,19H,2-3,6-11H2,1H3. The van der Waals surface area contributed by atoms with E-state index in [0.29, 0.717) is 10.0 Å². The summed E-state index contributed by atoms with van der Waals surface area (Å²) in [5.74, 6) is 0. The molecule has 0 aliphatic carbocycles. The molecule has 1 heterocycles. The molecule has 2 nitrogen and oxygen atoms in total. The number of hydrogen-bond acceptors (Lipinski definition) is 2. The van der Waals surface area contributed by atoms with Gasteiger partial charge in [0.2, 0.25) is 0 Å². The Hall–Kier alpha value is -0.280. The molecule has 0 atom stereocenters. The number of halogens is 2. The van der Waals surface area contributed by atoms with Crippen LogP contribution in [0.4, 0.5) is 0 Å². The van der Waals surface area contributed by atoms with Crippen LogP contribution in [0.25, 0.3) is 0 Å². The van der Waals surface area contributed by atoms with Gasteiger partial charge in [0.05, 0.1) is 10.0 Å². The SMILES string of the molecule is CCNCCCC1(c2ccc(Cl)c(Cl)c2)CCOCC1. The Morgan fingerprint density at radius 1 is 1.20 bits per heavy atom. The second kappa shape index (κ2) is 7.65. The van der Waals surface area contributed by atoms with E-state index in [2.05, 4.69) is 18.3 Å². The van der Waals surface area contributed by atoms with E-state index in [-0.39, 0.29) is 5.41 Å². The van der Waals surface area contributed by atoms with E-state index in [0.717, 1.165) is 39.1 Å². The summed E-state index contributed by atoms with van der Waals surface area (Å²) in [4.78, 5) is 0. The minimum Gasteiger partial charge on any atom is -0.381 e. The van der Waals surface area contributed by atoms with Gasteiger partial charge >= 0.3 is 0 Å². The van der Waals surface area contributed by atoms with Crippen LogP contribution in [0.15, 0.2) is 18.2 Å². The lowest BCUT2D eigenvalue weighted by Gasteiger charge is -2.38. The number of nitrogens with one attached hydrogen (secondary N) is 1. The Labute approximate surface area is 131 Å². The highest BCUT2D eigenvalue weighted by Crippen LogP contribution is 2.40. The van der Waals surface area contributed by atoms with Gasteiger partial charge in [0.15, 0.2) is 0 Å². The highest BCUT2D eigenvalue weighted by Gasteiger charge is 2.34. The molecule has 0 saturated carbocycles. The first-order valence-electron chi connectivity index (χ1n) is 7.42. The molecule has 0 bridgehead atoms. The van der Waals surface area contributed by atoms with Gasteiger partial charge in [-0.05, 0) is 61.9 Å². The quantitative estimate of drug-likeness (QED) is 0.784. The summed E-state index contributed by atoms with van der Waals surface area (Å²) in [6.07, 6.45) is 4.48. The molecule has 1 aromatic rings. The van der Waals surface area contributed by atoms with Crippen LogP contribution >= 0.6 is 23.2 Å². The molecule has 0 radical (unpaired) electrons. The molecule has 1 aliphatic heterocycles. The lowest BCUT2D eigenvalue weighted by atomic mass is 9.71. The van der Waals surface area contributed by atoms with Gasteiger partial charge in [-0.25, -0.2) is 0 Å². The van der Waals surface area contributed by atoms with Gasteiger partial charge in [-0.2, -0.15) is 0 Å². The normalized spacial score (nSPS) is 18.1. The number of hydrogen-bond donors (Lipinski definition) is 1. The van der Waals surface area contributed by atoms with Crippen molar-refractivity contribution in [3.63, 3.8) is 0 Å².